The minimum atomic E-state index is 0.0823. The first kappa shape index (κ1) is 12.8. The van der Waals surface area contributed by atoms with E-state index in [1.165, 1.54) is 0 Å². The summed E-state index contributed by atoms with van der Waals surface area (Å²) in [5.74, 6) is 1.48. The summed E-state index contributed by atoms with van der Waals surface area (Å²) in [7, 11) is 0. The molecule has 2 heterocycles. The molecule has 1 atom stereocenters. The molecule has 1 saturated heterocycles. The predicted octanol–water partition coefficient (Wildman–Crippen LogP) is 2.46. The van der Waals surface area contributed by atoms with Gasteiger partial charge < -0.3 is 14.4 Å². The Morgan fingerprint density at radius 3 is 2.89 bits per heavy atom. The van der Waals surface area contributed by atoms with Crippen LogP contribution in [0.15, 0.2) is 18.2 Å². The molecule has 0 spiro atoms. The zero-order valence-electron chi connectivity index (χ0n) is 10.6. The molecule has 0 aliphatic carbocycles. The molecule has 0 radical (unpaired) electrons. The zero-order valence-corrected chi connectivity index (χ0v) is 12.2. The van der Waals surface area contributed by atoms with Gasteiger partial charge in [0.1, 0.15) is 13.2 Å². The molecule has 0 N–H and O–H groups in total. The lowest BCUT2D eigenvalue weighted by Gasteiger charge is -2.24. The lowest BCUT2D eigenvalue weighted by Crippen LogP contribution is -2.36. The van der Waals surface area contributed by atoms with E-state index in [-0.39, 0.29) is 5.91 Å². The van der Waals surface area contributed by atoms with Crippen LogP contribution in [0.4, 0.5) is 0 Å². The van der Waals surface area contributed by atoms with Crippen LogP contribution in [0.1, 0.15) is 23.2 Å². The Balaban J connectivity index is 1.83. The fraction of sp³-hybridized carbons (Fsp3) is 0.500. The lowest BCUT2D eigenvalue weighted by atomic mass is 10.1. The molecule has 2 aliphatic rings. The monoisotopic (exact) mass is 325 g/mol. The Kier molecular flexibility index (Phi) is 3.64. The van der Waals surface area contributed by atoms with E-state index in [1.807, 2.05) is 17.0 Å². The molecular weight excluding hydrogens is 310 g/mol. The van der Waals surface area contributed by atoms with Crippen molar-refractivity contribution >= 4 is 21.8 Å². The van der Waals surface area contributed by atoms with Gasteiger partial charge >= 0.3 is 0 Å². The molecular formula is C14H16BrNO3. The highest BCUT2D eigenvalue weighted by molar-refractivity contribution is 9.09. The van der Waals surface area contributed by atoms with Crippen LogP contribution in [0.3, 0.4) is 0 Å². The van der Waals surface area contributed by atoms with Crippen LogP contribution >= 0.6 is 15.9 Å². The van der Waals surface area contributed by atoms with E-state index in [0.717, 1.165) is 30.5 Å². The number of ether oxygens (including phenoxy) is 2. The highest BCUT2D eigenvalue weighted by Gasteiger charge is 2.29. The Hall–Kier alpha value is -1.23. The SMILES string of the molecule is O=C(c1ccc2c(c1)OCCO2)N1CCCC1CBr. The third kappa shape index (κ3) is 2.43. The van der Waals surface area contributed by atoms with Gasteiger partial charge in [-0.05, 0) is 31.0 Å². The molecule has 4 nitrogen and oxygen atoms in total. The summed E-state index contributed by atoms with van der Waals surface area (Å²) in [6, 6.07) is 5.74. The van der Waals surface area contributed by atoms with Gasteiger partial charge in [0.2, 0.25) is 0 Å². The summed E-state index contributed by atoms with van der Waals surface area (Å²) < 4.78 is 11.0. The Morgan fingerprint density at radius 1 is 1.32 bits per heavy atom. The Labute approximate surface area is 120 Å². The van der Waals surface area contributed by atoms with Crippen molar-refractivity contribution in [1.29, 1.82) is 0 Å². The molecule has 102 valence electrons. The smallest absolute Gasteiger partial charge is 0.254 e. The van der Waals surface area contributed by atoms with Crippen molar-refractivity contribution in [3.8, 4) is 11.5 Å². The van der Waals surface area contributed by atoms with Crippen LogP contribution in [0, 0.1) is 0 Å². The number of alkyl halides is 1. The number of halogens is 1. The number of nitrogens with zero attached hydrogens (tertiary/aromatic N) is 1. The first-order chi connectivity index (χ1) is 9.29. The zero-order chi connectivity index (χ0) is 13.2. The van der Waals surface area contributed by atoms with E-state index in [0.29, 0.717) is 30.6 Å². The van der Waals surface area contributed by atoms with Crippen LogP contribution in [-0.2, 0) is 0 Å². The van der Waals surface area contributed by atoms with Crippen molar-refractivity contribution < 1.29 is 14.3 Å². The van der Waals surface area contributed by atoms with Crippen LogP contribution in [0.5, 0.6) is 11.5 Å². The van der Waals surface area contributed by atoms with Gasteiger partial charge in [0.25, 0.3) is 5.91 Å². The molecule has 2 aliphatic heterocycles. The second-order valence-corrected chi connectivity index (χ2v) is 5.45. The van der Waals surface area contributed by atoms with Crippen molar-refractivity contribution in [2.45, 2.75) is 18.9 Å². The minimum absolute atomic E-state index is 0.0823. The van der Waals surface area contributed by atoms with Crippen molar-refractivity contribution in [2.75, 3.05) is 25.1 Å². The molecule has 5 heteroatoms. The number of hydrogen-bond donors (Lipinski definition) is 0. The second kappa shape index (κ2) is 5.41. The van der Waals surface area contributed by atoms with E-state index in [2.05, 4.69) is 15.9 Å². The van der Waals surface area contributed by atoms with Gasteiger partial charge in [-0.15, -0.1) is 0 Å². The highest BCUT2D eigenvalue weighted by Crippen LogP contribution is 2.32. The summed E-state index contributed by atoms with van der Waals surface area (Å²) in [5, 5.41) is 0.837. The van der Waals surface area contributed by atoms with Crippen LogP contribution in [0.25, 0.3) is 0 Å². The maximum absolute atomic E-state index is 12.5. The average Bonchev–Trinajstić information content (AvgIpc) is 2.94. The van der Waals surface area contributed by atoms with Crippen LogP contribution in [-0.4, -0.2) is 41.9 Å². The van der Waals surface area contributed by atoms with Gasteiger partial charge in [-0.2, -0.15) is 0 Å². The Bertz CT molecular complexity index is 492. The van der Waals surface area contributed by atoms with Gasteiger partial charge in [0.05, 0.1) is 0 Å². The van der Waals surface area contributed by atoms with Gasteiger partial charge in [0, 0.05) is 23.5 Å². The largest absolute Gasteiger partial charge is 0.486 e. The maximum Gasteiger partial charge on any atom is 0.254 e. The summed E-state index contributed by atoms with van der Waals surface area (Å²) >= 11 is 3.48. The van der Waals surface area contributed by atoms with E-state index in [1.54, 1.807) is 6.07 Å². The van der Waals surface area contributed by atoms with E-state index < -0.39 is 0 Å². The number of rotatable bonds is 2. The second-order valence-electron chi connectivity index (χ2n) is 4.81. The molecule has 1 aromatic rings. The third-order valence-electron chi connectivity index (χ3n) is 3.61. The summed E-state index contributed by atoms with van der Waals surface area (Å²) in [4.78, 5) is 14.5. The van der Waals surface area contributed by atoms with Gasteiger partial charge in [-0.1, -0.05) is 15.9 Å². The van der Waals surface area contributed by atoms with Crippen molar-refractivity contribution in [3.05, 3.63) is 23.8 Å². The Morgan fingerprint density at radius 2 is 2.11 bits per heavy atom. The number of carbonyl (C=O) groups is 1. The van der Waals surface area contributed by atoms with Crippen molar-refractivity contribution in [3.63, 3.8) is 0 Å². The first-order valence-electron chi connectivity index (χ1n) is 6.56. The van der Waals surface area contributed by atoms with Gasteiger partial charge in [-0.25, -0.2) is 0 Å². The third-order valence-corrected chi connectivity index (χ3v) is 4.35. The normalized spacial score (nSPS) is 21.5. The molecule has 3 rings (SSSR count). The topological polar surface area (TPSA) is 38.8 Å². The van der Waals surface area contributed by atoms with E-state index >= 15 is 0 Å². The maximum atomic E-state index is 12.5. The standard InChI is InChI=1S/C14H16BrNO3/c15-9-11-2-1-5-16(11)14(17)10-3-4-12-13(8-10)19-7-6-18-12/h3-4,8,11H,1-2,5-7,9H2. The number of amides is 1. The summed E-state index contributed by atoms with van der Waals surface area (Å²) in [6.07, 6.45) is 2.15. The molecule has 1 unspecified atom stereocenters. The summed E-state index contributed by atoms with van der Waals surface area (Å²) in [5.41, 5.74) is 0.678. The summed E-state index contributed by atoms with van der Waals surface area (Å²) in [6.45, 7) is 1.94. The fourth-order valence-corrected chi connectivity index (χ4v) is 3.28. The molecule has 0 saturated carbocycles. The van der Waals surface area contributed by atoms with Crippen LogP contribution in [0.2, 0.25) is 0 Å². The first-order valence-corrected chi connectivity index (χ1v) is 7.68. The number of likely N-dealkylation sites (tertiary alicyclic amines) is 1. The quantitative estimate of drug-likeness (QED) is 0.784. The minimum Gasteiger partial charge on any atom is -0.486 e. The molecule has 1 fully saturated rings. The lowest BCUT2D eigenvalue weighted by molar-refractivity contribution is 0.0749. The molecule has 1 amide bonds. The molecule has 19 heavy (non-hydrogen) atoms. The highest BCUT2D eigenvalue weighted by atomic mass is 79.9. The van der Waals surface area contributed by atoms with Gasteiger partial charge in [-0.3, -0.25) is 4.79 Å². The number of carbonyl (C=O) groups excluding carboxylic acids is 1. The van der Waals surface area contributed by atoms with Crippen molar-refractivity contribution in [1.82, 2.24) is 4.90 Å². The average molecular weight is 326 g/mol. The van der Waals surface area contributed by atoms with Crippen molar-refractivity contribution in [2.24, 2.45) is 0 Å². The fourth-order valence-electron chi connectivity index (χ4n) is 2.61. The van der Waals surface area contributed by atoms with E-state index in [9.17, 15) is 4.79 Å². The van der Waals surface area contributed by atoms with E-state index in [4.69, 9.17) is 9.47 Å². The molecule has 0 aromatic heterocycles. The van der Waals surface area contributed by atoms with Gasteiger partial charge in [0.15, 0.2) is 11.5 Å². The predicted molar refractivity (Wildman–Crippen MR) is 75.3 cm³/mol. The molecule has 1 aromatic carbocycles. The number of fused-ring (bicyclic) bond motifs is 1. The van der Waals surface area contributed by atoms with Crippen LogP contribution < -0.4 is 9.47 Å². The molecule has 0 bridgehead atoms. The number of benzene rings is 1. The number of hydrogen-bond acceptors (Lipinski definition) is 3.